The molecule has 0 atom stereocenters. The maximum Gasteiger partial charge on any atom is 0.358 e. The summed E-state index contributed by atoms with van der Waals surface area (Å²) in [6.07, 6.45) is 0.931. The molecule has 8 heteroatoms. The second kappa shape index (κ2) is 4.39. The molecule has 0 spiro atoms. The Morgan fingerprint density at radius 1 is 1.37 bits per heavy atom. The van der Waals surface area contributed by atoms with Crippen molar-refractivity contribution in [2.75, 3.05) is 6.26 Å². The smallest absolute Gasteiger partial charge is 0.358 e. The van der Waals surface area contributed by atoms with E-state index in [4.69, 9.17) is 9.63 Å². The number of sulfone groups is 1. The van der Waals surface area contributed by atoms with E-state index in [9.17, 15) is 18.3 Å². The molecule has 100 valence electrons. The number of carboxylic acids is 1. The highest BCUT2D eigenvalue weighted by Crippen LogP contribution is 2.34. The number of carbonyl (C=O) groups is 1. The largest absolute Gasteiger partial charge is 0.507 e. The van der Waals surface area contributed by atoms with Crippen molar-refractivity contribution < 1.29 is 27.9 Å². The molecule has 0 aliphatic heterocycles. The molecule has 0 saturated carbocycles. The first kappa shape index (κ1) is 13.1. The fraction of sp³-hybridized carbons (Fsp3) is 0.0909. The lowest BCUT2D eigenvalue weighted by atomic mass is 10.1. The first-order valence-corrected chi connectivity index (χ1v) is 6.92. The fourth-order valence-electron chi connectivity index (χ4n) is 1.61. The first-order valence-electron chi connectivity index (χ1n) is 5.03. The van der Waals surface area contributed by atoms with Crippen LogP contribution in [0.25, 0.3) is 11.3 Å². The van der Waals surface area contributed by atoms with Gasteiger partial charge in [-0.3, -0.25) is 0 Å². The summed E-state index contributed by atoms with van der Waals surface area (Å²) in [7, 11) is -3.71. The molecule has 0 unspecified atom stereocenters. The number of hydrogen-bond acceptors (Lipinski definition) is 6. The number of aromatic hydroxyl groups is 1. The van der Waals surface area contributed by atoms with Gasteiger partial charge in [0.25, 0.3) is 0 Å². The van der Waals surface area contributed by atoms with E-state index in [0.29, 0.717) is 0 Å². The summed E-state index contributed by atoms with van der Waals surface area (Å²) in [4.78, 5) is 10.4. The molecule has 2 rings (SSSR count). The minimum atomic E-state index is -3.71. The van der Waals surface area contributed by atoms with Gasteiger partial charge in [0.1, 0.15) is 10.6 Å². The van der Waals surface area contributed by atoms with Gasteiger partial charge in [0, 0.05) is 17.9 Å². The third kappa shape index (κ3) is 2.43. The summed E-state index contributed by atoms with van der Waals surface area (Å²) in [5.74, 6) is -1.78. The molecule has 19 heavy (non-hydrogen) atoms. The van der Waals surface area contributed by atoms with Crippen LogP contribution in [0.3, 0.4) is 0 Å². The van der Waals surface area contributed by atoms with Crippen molar-refractivity contribution in [3.8, 4) is 17.1 Å². The van der Waals surface area contributed by atoms with Crippen LogP contribution < -0.4 is 0 Å². The molecular weight excluding hydrogens is 274 g/mol. The molecule has 0 aliphatic rings. The van der Waals surface area contributed by atoms with Crippen LogP contribution in [0.2, 0.25) is 0 Å². The van der Waals surface area contributed by atoms with Gasteiger partial charge in [-0.25, -0.2) is 13.2 Å². The zero-order valence-electron chi connectivity index (χ0n) is 9.69. The van der Waals surface area contributed by atoms with Crippen LogP contribution in [0.1, 0.15) is 10.5 Å². The van der Waals surface area contributed by atoms with Crippen molar-refractivity contribution >= 4 is 15.8 Å². The predicted octanol–water partition coefficient (Wildman–Crippen LogP) is 1.15. The second-order valence-corrected chi connectivity index (χ2v) is 5.76. The summed E-state index contributed by atoms with van der Waals surface area (Å²) in [5, 5.41) is 21.7. The van der Waals surface area contributed by atoms with Gasteiger partial charge in [0.05, 0.1) is 0 Å². The molecule has 1 aromatic heterocycles. The normalized spacial score (nSPS) is 11.4. The molecule has 2 N–H and O–H groups in total. The van der Waals surface area contributed by atoms with Crippen molar-refractivity contribution in [2.45, 2.75) is 4.90 Å². The Labute approximate surface area is 108 Å². The lowest BCUT2D eigenvalue weighted by Crippen LogP contribution is -2.00. The Morgan fingerprint density at radius 2 is 2.05 bits per heavy atom. The van der Waals surface area contributed by atoms with Gasteiger partial charge in [0.15, 0.2) is 21.3 Å². The minimum absolute atomic E-state index is 0.0475. The Hall–Kier alpha value is -2.35. The molecule has 0 saturated heterocycles. The minimum Gasteiger partial charge on any atom is -0.507 e. The highest BCUT2D eigenvalue weighted by Gasteiger charge is 2.22. The molecular formula is C11H9NO6S. The van der Waals surface area contributed by atoms with E-state index in [2.05, 4.69) is 5.16 Å². The van der Waals surface area contributed by atoms with E-state index >= 15 is 0 Å². The average molecular weight is 283 g/mol. The Kier molecular flexibility index (Phi) is 3.03. The summed E-state index contributed by atoms with van der Waals surface area (Å²) in [5.41, 5.74) is -0.291. The monoisotopic (exact) mass is 283 g/mol. The highest BCUT2D eigenvalue weighted by atomic mass is 32.2. The molecule has 2 aromatic rings. The first-order chi connectivity index (χ1) is 8.80. The molecule has 0 amide bonds. The molecule has 0 bridgehead atoms. The predicted molar refractivity (Wildman–Crippen MR) is 63.7 cm³/mol. The third-order valence-corrected chi connectivity index (χ3v) is 3.53. The average Bonchev–Trinajstić information content (AvgIpc) is 2.75. The molecule has 1 aromatic carbocycles. The lowest BCUT2D eigenvalue weighted by molar-refractivity contribution is 0.0686. The lowest BCUT2D eigenvalue weighted by Gasteiger charge is -2.06. The molecule has 0 fully saturated rings. The van der Waals surface area contributed by atoms with Gasteiger partial charge in [-0.1, -0.05) is 11.2 Å². The van der Waals surface area contributed by atoms with Crippen molar-refractivity contribution in [3.63, 3.8) is 0 Å². The second-order valence-electron chi connectivity index (χ2n) is 3.81. The number of aromatic nitrogens is 1. The van der Waals surface area contributed by atoms with Crippen LogP contribution >= 0.6 is 0 Å². The molecule has 7 nitrogen and oxygen atoms in total. The fourth-order valence-corrected chi connectivity index (χ4v) is 2.63. The van der Waals surface area contributed by atoms with Crippen molar-refractivity contribution in [1.82, 2.24) is 5.16 Å². The van der Waals surface area contributed by atoms with Gasteiger partial charge < -0.3 is 14.7 Å². The van der Waals surface area contributed by atoms with Gasteiger partial charge in [0.2, 0.25) is 0 Å². The summed E-state index contributed by atoms with van der Waals surface area (Å²) in [6.45, 7) is 0. The molecule has 0 aliphatic carbocycles. The Bertz CT molecular complexity index is 746. The maximum absolute atomic E-state index is 11.7. The molecule has 0 radical (unpaired) electrons. The SMILES string of the molecule is CS(=O)(=O)c1c(O)cccc1-c1cc(C(=O)O)no1. The number of nitrogens with zero attached hydrogens (tertiary/aromatic N) is 1. The van der Waals surface area contributed by atoms with E-state index in [0.717, 1.165) is 12.3 Å². The zero-order valence-corrected chi connectivity index (χ0v) is 10.5. The van der Waals surface area contributed by atoms with Crippen molar-refractivity contribution in [3.05, 3.63) is 30.0 Å². The van der Waals surface area contributed by atoms with E-state index in [1.54, 1.807) is 0 Å². The zero-order chi connectivity index (χ0) is 14.2. The van der Waals surface area contributed by atoms with Crippen molar-refractivity contribution in [2.24, 2.45) is 0 Å². The number of benzene rings is 1. The van der Waals surface area contributed by atoms with Crippen molar-refractivity contribution in [1.29, 1.82) is 0 Å². The van der Waals surface area contributed by atoms with Gasteiger partial charge >= 0.3 is 5.97 Å². The van der Waals surface area contributed by atoms with Crippen LogP contribution in [-0.2, 0) is 9.84 Å². The van der Waals surface area contributed by atoms with Crippen LogP contribution in [0.4, 0.5) is 0 Å². The van der Waals surface area contributed by atoms with E-state index in [-0.39, 0.29) is 21.9 Å². The van der Waals surface area contributed by atoms with Crippen LogP contribution in [0.5, 0.6) is 5.75 Å². The maximum atomic E-state index is 11.7. The quantitative estimate of drug-likeness (QED) is 0.867. The van der Waals surface area contributed by atoms with E-state index in [1.165, 1.54) is 18.2 Å². The topological polar surface area (TPSA) is 118 Å². The summed E-state index contributed by atoms with van der Waals surface area (Å²) >= 11 is 0. The number of rotatable bonds is 3. The summed E-state index contributed by atoms with van der Waals surface area (Å²) in [6, 6.07) is 5.12. The number of hydrogen-bond donors (Lipinski definition) is 2. The van der Waals surface area contributed by atoms with Gasteiger partial charge in [-0.2, -0.15) is 0 Å². The number of phenols is 1. The number of phenolic OH excluding ortho intramolecular Hbond substituents is 1. The van der Waals surface area contributed by atoms with Crippen LogP contribution in [0, 0.1) is 0 Å². The summed E-state index contributed by atoms with van der Waals surface area (Å²) < 4.78 is 28.1. The standard InChI is InChI=1S/C11H9NO6S/c1-19(16,17)10-6(3-2-4-8(10)13)9-5-7(11(14)15)12-18-9/h2-5,13H,1H3,(H,14,15). The Balaban J connectivity index is 2.69. The highest BCUT2D eigenvalue weighted by molar-refractivity contribution is 7.91. The number of aromatic carboxylic acids is 1. The van der Waals surface area contributed by atoms with E-state index < -0.39 is 21.6 Å². The Morgan fingerprint density at radius 3 is 2.58 bits per heavy atom. The third-order valence-electron chi connectivity index (χ3n) is 2.36. The number of carboxylic acid groups (broad SMARTS) is 1. The van der Waals surface area contributed by atoms with Crippen LogP contribution in [0.15, 0.2) is 33.7 Å². The van der Waals surface area contributed by atoms with Gasteiger partial charge in [-0.15, -0.1) is 0 Å². The van der Waals surface area contributed by atoms with Crippen LogP contribution in [-0.4, -0.2) is 36.0 Å². The van der Waals surface area contributed by atoms with Gasteiger partial charge in [-0.05, 0) is 12.1 Å². The molecule has 1 heterocycles. The van der Waals surface area contributed by atoms with E-state index in [1.807, 2.05) is 0 Å².